The smallest absolute Gasteiger partial charge is 0.317 e. The molecule has 3 N–H and O–H groups in total. The maximum atomic E-state index is 12.8. The predicted octanol–water partition coefficient (Wildman–Crippen LogP) is 2.77. The van der Waals surface area contributed by atoms with Crippen molar-refractivity contribution in [2.24, 2.45) is 11.8 Å². The van der Waals surface area contributed by atoms with Gasteiger partial charge in [-0.05, 0) is 50.9 Å². The summed E-state index contributed by atoms with van der Waals surface area (Å²) >= 11 is 0. The summed E-state index contributed by atoms with van der Waals surface area (Å²) in [6, 6.07) is 0.0482. The lowest BCUT2D eigenvalue weighted by atomic mass is 9.90. The Kier molecular flexibility index (Phi) is 7.50. The Hall–Kier alpha value is -1.79. The zero-order valence-corrected chi connectivity index (χ0v) is 17.4. The SMILES string of the molecule is CCCCNC(=O)N1CCC(CCN2C(=N)NC(C)(CC(C)C)C2=O)CC1. The van der Waals surface area contributed by atoms with E-state index in [1.807, 2.05) is 11.8 Å². The fraction of sp³-hybridized carbons (Fsp3) is 0.850. The quantitative estimate of drug-likeness (QED) is 0.567. The van der Waals surface area contributed by atoms with E-state index >= 15 is 0 Å². The molecule has 27 heavy (non-hydrogen) atoms. The number of urea groups is 1. The van der Waals surface area contributed by atoms with E-state index in [4.69, 9.17) is 5.41 Å². The molecule has 1 atom stereocenters. The van der Waals surface area contributed by atoms with Crippen molar-refractivity contribution < 1.29 is 9.59 Å². The van der Waals surface area contributed by atoms with Gasteiger partial charge in [0.05, 0.1) is 0 Å². The van der Waals surface area contributed by atoms with E-state index in [1.165, 1.54) is 0 Å². The molecule has 2 saturated heterocycles. The number of carbonyl (C=O) groups excluding carboxylic acids is 2. The van der Waals surface area contributed by atoms with Crippen LogP contribution in [0.1, 0.15) is 66.2 Å². The maximum Gasteiger partial charge on any atom is 0.317 e. The summed E-state index contributed by atoms with van der Waals surface area (Å²) in [4.78, 5) is 28.4. The summed E-state index contributed by atoms with van der Waals surface area (Å²) in [5, 5.41) is 14.2. The number of hydrogen-bond donors (Lipinski definition) is 3. The number of nitrogens with one attached hydrogen (secondary N) is 3. The van der Waals surface area contributed by atoms with Gasteiger partial charge in [-0.2, -0.15) is 0 Å². The number of hydrogen-bond acceptors (Lipinski definition) is 3. The summed E-state index contributed by atoms with van der Waals surface area (Å²) in [6.45, 7) is 11.1. The molecule has 154 valence electrons. The minimum absolute atomic E-state index is 0.0222. The molecule has 0 spiro atoms. The number of piperidine rings is 1. The first-order valence-electron chi connectivity index (χ1n) is 10.5. The Morgan fingerprint density at radius 1 is 1.37 bits per heavy atom. The van der Waals surface area contributed by atoms with Crippen LogP contribution in [0, 0.1) is 17.2 Å². The normalized spacial score (nSPS) is 23.9. The third kappa shape index (κ3) is 5.59. The number of nitrogens with zero attached hydrogens (tertiary/aromatic N) is 2. The van der Waals surface area contributed by atoms with Gasteiger partial charge in [-0.25, -0.2) is 4.79 Å². The molecule has 0 bridgehead atoms. The van der Waals surface area contributed by atoms with E-state index in [0.29, 0.717) is 18.4 Å². The summed E-state index contributed by atoms with van der Waals surface area (Å²) in [6.07, 6.45) is 5.65. The predicted molar refractivity (Wildman–Crippen MR) is 108 cm³/mol. The molecule has 2 aliphatic heterocycles. The van der Waals surface area contributed by atoms with Crippen LogP contribution >= 0.6 is 0 Å². The van der Waals surface area contributed by atoms with E-state index in [0.717, 1.165) is 58.2 Å². The molecular formula is C20H37N5O2. The van der Waals surface area contributed by atoms with E-state index in [-0.39, 0.29) is 17.9 Å². The van der Waals surface area contributed by atoms with Gasteiger partial charge in [0.15, 0.2) is 5.96 Å². The number of guanidine groups is 1. The Balaban J connectivity index is 1.76. The largest absolute Gasteiger partial charge is 0.342 e. The highest BCUT2D eigenvalue weighted by Crippen LogP contribution is 2.27. The first-order chi connectivity index (χ1) is 12.8. The average molecular weight is 380 g/mol. The summed E-state index contributed by atoms with van der Waals surface area (Å²) in [5.74, 6) is 1.15. The molecule has 1 unspecified atom stereocenters. The minimum atomic E-state index is -0.648. The van der Waals surface area contributed by atoms with E-state index < -0.39 is 5.54 Å². The first kappa shape index (κ1) is 21.5. The number of likely N-dealkylation sites (tertiary alicyclic amines) is 1. The Bertz CT molecular complexity index is 542. The highest BCUT2D eigenvalue weighted by molar-refractivity contribution is 6.07. The Morgan fingerprint density at radius 2 is 2.04 bits per heavy atom. The number of unbranched alkanes of at least 4 members (excludes halogenated alkanes) is 1. The highest BCUT2D eigenvalue weighted by Gasteiger charge is 2.45. The molecule has 2 fully saturated rings. The van der Waals surface area contributed by atoms with Gasteiger partial charge in [-0.15, -0.1) is 0 Å². The molecule has 2 aliphatic rings. The van der Waals surface area contributed by atoms with Gasteiger partial charge in [0, 0.05) is 26.2 Å². The van der Waals surface area contributed by atoms with Gasteiger partial charge in [0.25, 0.3) is 5.91 Å². The second kappa shape index (κ2) is 9.42. The van der Waals surface area contributed by atoms with Crippen molar-refractivity contribution in [2.45, 2.75) is 71.8 Å². The van der Waals surface area contributed by atoms with Crippen LogP contribution in [0.2, 0.25) is 0 Å². The van der Waals surface area contributed by atoms with Crippen LogP contribution in [-0.4, -0.2) is 59.4 Å². The van der Waals surface area contributed by atoms with Crippen molar-refractivity contribution in [2.75, 3.05) is 26.2 Å². The fourth-order valence-electron chi connectivity index (χ4n) is 4.17. The van der Waals surface area contributed by atoms with Crippen molar-refractivity contribution in [1.82, 2.24) is 20.4 Å². The molecule has 0 aromatic rings. The molecule has 7 nitrogen and oxygen atoms in total. The van der Waals surface area contributed by atoms with Gasteiger partial charge >= 0.3 is 6.03 Å². The summed E-state index contributed by atoms with van der Waals surface area (Å²) in [5.41, 5.74) is -0.648. The third-order valence-corrected chi connectivity index (χ3v) is 5.67. The van der Waals surface area contributed by atoms with Crippen LogP contribution in [0.3, 0.4) is 0 Å². The number of rotatable bonds is 8. The molecule has 2 heterocycles. The van der Waals surface area contributed by atoms with Gasteiger partial charge in [0.2, 0.25) is 0 Å². The molecule has 0 aliphatic carbocycles. The van der Waals surface area contributed by atoms with E-state index in [2.05, 4.69) is 31.4 Å². The van der Waals surface area contributed by atoms with Crippen molar-refractivity contribution in [3.05, 3.63) is 0 Å². The van der Waals surface area contributed by atoms with Gasteiger partial charge in [-0.3, -0.25) is 15.1 Å². The lowest BCUT2D eigenvalue weighted by Crippen LogP contribution is -2.45. The molecule has 2 rings (SSSR count). The number of amides is 3. The lowest BCUT2D eigenvalue weighted by molar-refractivity contribution is -0.131. The van der Waals surface area contributed by atoms with Crippen LogP contribution in [0.5, 0.6) is 0 Å². The van der Waals surface area contributed by atoms with Crippen molar-refractivity contribution in [1.29, 1.82) is 5.41 Å². The second-order valence-corrected chi connectivity index (χ2v) is 8.67. The van der Waals surface area contributed by atoms with E-state index in [9.17, 15) is 9.59 Å². The van der Waals surface area contributed by atoms with Crippen LogP contribution in [0.25, 0.3) is 0 Å². The van der Waals surface area contributed by atoms with Gasteiger partial charge in [-0.1, -0.05) is 27.2 Å². The zero-order valence-electron chi connectivity index (χ0n) is 17.4. The molecule has 0 aromatic carbocycles. The lowest BCUT2D eigenvalue weighted by Gasteiger charge is -2.32. The monoisotopic (exact) mass is 379 g/mol. The zero-order chi connectivity index (χ0) is 20.0. The van der Waals surface area contributed by atoms with Gasteiger partial charge in [0.1, 0.15) is 5.54 Å². The van der Waals surface area contributed by atoms with Crippen LogP contribution in [0.15, 0.2) is 0 Å². The van der Waals surface area contributed by atoms with Gasteiger partial charge < -0.3 is 15.5 Å². The third-order valence-electron chi connectivity index (χ3n) is 5.67. The molecule has 7 heteroatoms. The standard InChI is InChI=1S/C20H37N5O2/c1-5-6-10-22-19(27)24-11-7-16(8-12-24)9-13-25-17(26)20(4,14-15(2)3)23-18(25)21/h15-16H,5-14H2,1-4H3,(H2,21,23)(H,22,27). The molecule has 0 saturated carbocycles. The minimum Gasteiger partial charge on any atom is -0.342 e. The Morgan fingerprint density at radius 3 is 2.63 bits per heavy atom. The molecular weight excluding hydrogens is 342 g/mol. The average Bonchev–Trinajstić information content (AvgIpc) is 2.81. The Labute approximate surface area is 163 Å². The molecule has 3 amide bonds. The topological polar surface area (TPSA) is 88.5 Å². The summed E-state index contributed by atoms with van der Waals surface area (Å²) < 4.78 is 0. The van der Waals surface area contributed by atoms with Crippen molar-refractivity contribution in [3.63, 3.8) is 0 Å². The van der Waals surface area contributed by atoms with Crippen molar-refractivity contribution >= 4 is 17.9 Å². The summed E-state index contributed by atoms with van der Waals surface area (Å²) in [7, 11) is 0. The van der Waals surface area contributed by atoms with Crippen molar-refractivity contribution in [3.8, 4) is 0 Å². The highest BCUT2D eigenvalue weighted by atomic mass is 16.2. The first-order valence-corrected chi connectivity index (χ1v) is 10.5. The van der Waals surface area contributed by atoms with Crippen LogP contribution < -0.4 is 10.6 Å². The maximum absolute atomic E-state index is 12.8. The van der Waals surface area contributed by atoms with E-state index in [1.54, 1.807) is 4.90 Å². The fourth-order valence-corrected chi connectivity index (χ4v) is 4.17. The second-order valence-electron chi connectivity index (χ2n) is 8.67. The molecule has 0 radical (unpaired) electrons. The van der Waals surface area contributed by atoms with Crippen LogP contribution in [-0.2, 0) is 4.79 Å². The number of carbonyl (C=O) groups is 2. The van der Waals surface area contributed by atoms with Crippen LogP contribution in [0.4, 0.5) is 4.79 Å². The molecule has 0 aromatic heterocycles.